The number of fused-ring (bicyclic) bond motifs is 1. The number of carbonyl (C=O) groups excluding carboxylic acids is 1. The van der Waals surface area contributed by atoms with Crippen LogP contribution in [-0.2, 0) is 4.79 Å². The molecule has 5 heteroatoms. The molecule has 3 aromatic heterocycles. The first-order chi connectivity index (χ1) is 10.6. The van der Waals surface area contributed by atoms with Crippen LogP contribution in [0.4, 0.5) is 5.82 Å². The van der Waals surface area contributed by atoms with Gasteiger partial charge in [-0.3, -0.25) is 9.78 Å². The first kappa shape index (κ1) is 14.3. The SMILES string of the molecule is CC(C)CC(=O)Nc1cc2[nH]c(-c3ccncc3)cc2cn1. The smallest absolute Gasteiger partial charge is 0.225 e. The maximum atomic E-state index is 11.8. The topological polar surface area (TPSA) is 70.7 Å². The molecule has 0 bridgehead atoms. The molecule has 0 saturated carbocycles. The van der Waals surface area contributed by atoms with Crippen molar-refractivity contribution in [3.05, 3.63) is 42.9 Å². The highest BCUT2D eigenvalue weighted by Crippen LogP contribution is 2.24. The predicted molar refractivity (Wildman–Crippen MR) is 87.4 cm³/mol. The third kappa shape index (κ3) is 3.14. The van der Waals surface area contributed by atoms with Crippen LogP contribution < -0.4 is 5.32 Å². The molecular weight excluding hydrogens is 276 g/mol. The standard InChI is InChI=1S/C17H18N4O/c1-11(2)7-17(22)21-16-9-15-13(10-19-16)8-14(20-15)12-3-5-18-6-4-12/h3-6,8-11,20H,7H2,1-2H3,(H,19,21,22). The lowest BCUT2D eigenvalue weighted by Crippen LogP contribution is -2.14. The Bertz CT molecular complexity index is 793. The summed E-state index contributed by atoms with van der Waals surface area (Å²) in [4.78, 5) is 23.5. The van der Waals surface area contributed by atoms with Gasteiger partial charge in [0.05, 0.1) is 5.52 Å². The number of rotatable bonds is 4. The summed E-state index contributed by atoms with van der Waals surface area (Å²) in [6.07, 6.45) is 5.78. The molecule has 3 heterocycles. The molecular formula is C17H18N4O. The molecule has 0 aliphatic heterocycles. The Labute approximate surface area is 128 Å². The van der Waals surface area contributed by atoms with Gasteiger partial charge >= 0.3 is 0 Å². The van der Waals surface area contributed by atoms with Gasteiger partial charge in [0.1, 0.15) is 5.82 Å². The third-order valence-corrected chi connectivity index (χ3v) is 3.36. The number of aromatic nitrogens is 3. The van der Waals surface area contributed by atoms with E-state index in [4.69, 9.17) is 0 Å². The largest absolute Gasteiger partial charge is 0.354 e. The molecule has 22 heavy (non-hydrogen) atoms. The van der Waals surface area contributed by atoms with E-state index in [9.17, 15) is 4.79 Å². The summed E-state index contributed by atoms with van der Waals surface area (Å²) in [5.41, 5.74) is 3.02. The van der Waals surface area contributed by atoms with Crippen molar-refractivity contribution < 1.29 is 4.79 Å². The first-order valence-electron chi connectivity index (χ1n) is 7.31. The Morgan fingerprint density at radius 3 is 2.77 bits per heavy atom. The Morgan fingerprint density at radius 1 is 1.27 bits per heavy atom. The van der Waals surface area contributed by atoms with Crippen molar-refractivity contribution in [3.8, 4) is 11.3 Å². The molecule has 1 amide bonds. The molecule has 0 aliphatic carbocycles. The number of nitrogens with one attached hydrogen (secondary N) is 2. The minimum absolute atomic E-state index is 0.0113. The van der Waals surface area contributed by atoms with Crippen molar-refractivity contribution in [2.75, 3.05) is 5.32 Å². The van der Waals surface area contributed by atoms with E-state index < -0.39 is 0 Å². The van der Waals surface area contributed by atoms with E-state index in [-0.39, 0.29) is 5.91 Å². The van der Waals surface area contributed by atoms with E-state index >= 15 is 0 Å². The van der Waals surface area contributed by atoms with Gasteiger partial charge in [-0.05, 0) is 24.1 Å². The molecule has 0 saturated heterocycles. The van der Waals surface area contributed by atoms with Crippen molar-refractivity contribution in [1.82, 2.24) is 15.0 Å². The molecule has 0 radical (unpaired) electrons. The number of anilines is 1. The molecule has 0 atom stereocenters. The number of amides is 1. The van der Waals surface area contributed by atoms with Crippen molar-refractivity contribution in [3.63, 3.8) is 0 Å². The van der Waals surface area contributed by atoms with Crippen LogP contribution in [0.25, 0.3) is 22.2 Å². The van der Waals surface area contributed by atoms with E-state index in [0.717, 1.165) is 22.2 Å². The zero-order chi connectivity index (χ0) is 15.5. The quantitative estimate of drug-likeness (QED) is 0.772. The molecule has 0 unspecified atom stereocenters. The van der Waals surface area contributed by atoms with Gasteiger partial charge < -0.3 is 10.3 Å². The highest BCUT2D eigenvalue weighted by Gasteiger charge is 2.08. The van der Waals surface area contributed by atoms with Crippen LogP contribution in [0.1, 0.15) is 20.3 Å². The van der Waals surface area contributed by atoms with Gasteiger partial charge in [0.15, 0.2) is 0 Å². The van der Waals surface area contributed by atoms with E-state index in [1.54, 1.807) is 18.6 Å². The van der Waals surface area contributed by atoms with Gasteiger partial charge in [-0.15, -0.1) is 0 Å². The lowest BCUT2D eigenvalue weighted by Gasteiger charge is -2.06. The van der Waals surface area contributed by atoms with Crippen LogP contribution in [-0.4, -0.2) is 20.9 Å². The molecule has 3 aromatic rings. The summed E-state index contributed by atoms with van der Waals surface area (Å²) < 4.78 is 0. The maximum Gasteiger partial charge on any atom is 0.225 e. The summed E-state index contributed by atoms with van der Waals surface area (Å²) in [5.74, 6) is 0.886. The summed E-state index contributed by atoms with van der Waals surface area (Å²) >= 11 is 0. The lowest BCUT2D eigenvalue weighted by molar-refractivity contribution is -0.116. The van der Waals surface area contributed by atoms with Crippen LogP contribution in [0.2, 0.25) is 0 Å². The average molecular weight is 294 g/mol. The molecule has 3 rings (SSSR count). The van der Waals surface area contributed by atoms with E-state index in [1.165, 1.54) is 0 Å². The van der Waals surface area contributed by atoms with Crippen LogP contribution in [0.3, 0.4) is 0 Å². The molecule has 0 spiro atoms. The fourth-order valence-corrected chi connectivity index (χ4v) is 2.35. The zero-order valence-electron chi connectivity index (χ0n) is 12.6. The second kappa shape index (κ2) is 5.97. The second-order valence-electron chi connectivity index (χ2n) is 5.72. The van der Waals surface area contributed by atoms with Crippen molar-refractivity contribution >= 4 is 22.6 Å². The van der Waals surface area contributed by atoms with E-state index in [2.05, 4.69) is 20.3 Å². The fourth-order valence-electron chi connectivity index (χ4n) is 2.35. The maximum absolute atomic E-state index is 11.8. The van der Waals surface area contributed by atoms with Gasteiger partial charge in [0, 0.05) is 47.7 Å². The van der Waals surface area contributed by atoms with Gasteiger partial charge in [-0.2, -0.15) is 0 Å². The minimum atomic E-state index is -0.0113. The van der Waals surface area contributed by atoms with Crippen molar-refractivity contribution in [2.24, 2.45) is 5.92 Å². The molecule has 2 N–H and O–H groups in total. The van der Waals surface area contributed by atoms with E-state index in [0.29, 0.717) is 18.2 Å². The zero-order valence-corrected chi connectivity index (χ0v) is 12.6. The normalized spacial score (nSPS) is 11.0. The number of pyridine rings is 2. The molecule has 5 nitrogen and oxygen atoms in total. The van der Waals surface area contributed by atoms with Crippen LogP contribution in [0.5, 0.6) is 0 Å². The lowest BCUT2D eigenvalue weighted by atomic mass is 10.1. The minimum Gasteiger partial charge on any atom is -0.354 e. The highest BCUT2D eigenvalue weighted by molar-refractivity contribution is 5.93. The number of aromatic amines is 1. The summed E-state index contributed by atoms with van der Waals surface area (Å²) in [6.45, 7) is 4.03. The summed E-state index contributed by atoms with van der Waals surface area (Å²) in [6, 6.07) is 7.79. The highest BCUT2D eigenvalue weighted by atomic mass is 16.1. The third-order valence-electron chi connectivity index (χ3n) is 3.36. The molecule has 0 aromatic carbocycles. The van der Waals surface area contributed by atoms with Crippen LogP contribution >= 0.6 is 0 Å². The Balaban J connectivity index is 1.86. The molecule has 0 aliphatic rings. The molecule has 112 valence electrons. The number of H-pyrrole nitrogens is 1. The van der Waals surface area contributed by atoms with Gasteiger partial charge in [-0.25, -0.2) is 4.98 Å². The van der Waals surface area contributed by atoms with Crippen molar-refractivity contribution in [1.29, 1.82) is 0 Å². The van der Waals surface area contributed by atoms with Crippen LogP contribution in [0, 0.1) is 5.92 Å². The van der Waals surface area contributed by atoms with Gasteiger partial charge in [-0.1, -0.05) is 13.8 Å². The van der Waals surface area contributed by atoms with E-state index in [1.807, 2.05) is 38.1 Å². The van der Waals surface area contributed by atoms with Crippen LogP contribution in [0.15, 0.2) is 42.9 Å². The monoisotopic (exact) mass is 294 g/mol. The molecule has 0 fully saturated rings. The number of hydrogen-bond donors (Lipinski definition) is 2. The fraction of sp³-hybridized carbons (Fsp3) is 0.235. The Hall–Kier alpha value is -2.69. The number of carbonyl (C=O) groups is 1. The van der Waals surface area contributed by atoms with Gasteiger partial charge in [0.25, 0.3) is 0 Å². The summed E-state index contributed by atoms with van der Waals surface area (Å²) in [7, 11) is 0. The van der Waals surface area contributed by atoms with Crippen molar-refractivity contribution in [2.45, 2.75) is 20.3 Å². The first-order valence-corrected chi connectivity index (χ1v) is 7.31. The Morgan fingerprint density at radius 2 is 2.05 bits per heavy atom. The predicted octanol–water partition coefficient (Wildman–Crippen LogP) is 3.61. The van der Waals surface area contributed by atoms with Gasteiger partial charge in [0.2, 0.25) is 5.91 Å². The average Bonchev–Trinajstić information content (AvgIpc) is 2.90. The second-order valence-corrected chi connectivity index (χ2v) is 5.72. The number of nitrogens with zero attached hydrogens (tertiary/aromatic N) is 2. The summed E-state index contributed by atoms with van der Waals surface area (Å²) in [5, 5.41) is 3.84. The number of hydrogen-bond acceptors (Lipinski definition) is 3. The Kier molecular flexibility index (Phi) is 3.87.